The molecule has 0 radical (unpaired) electrons. The molecule has 3 atom stereocenters. The zero-order chi connectivity index (χ0) is 48.4. The molecule has 0 aromatic heterocycles. The van der Waals surface area contributed by atoms with Crippen molar-refractivity contribution in [3.05, 3.63) is 60.8 Å². The van der Waals surface area contributed by atoms with Gasteiger partial charge < -0.3 is 25.2 Å². The molecule has 0 aliphatic heterocycles. The Bertz CT molecular complexity index is 1350. The highest BCUT2D eigenvalue weighted by Crippen LogP contribution is 2.43. The lowest BCUT2D eigenvalue weighted by atomic mass is 10.0. The topological polar surface area (TPSA) is 172 Å². The van der Waals surface area contributed by atoms with E-state index in [1.807, 2.05) is 6.08 Å². The maximum atomic E-state index is 12.7. The normalized spacial score (nSPS) is 14.0. The molecule has 0 aromatic carbocycles. The molecule has 382 valence electrons. The number of rotatable bonds is 49. The molecule has 0 aliphatic carbocycles. The van der Waals surface area contributed by atoms with Crippen LogP contribution in [-0.4, -0.2) is 59.9 Å². The summed E-state index contributed by atoms with van der Waals surface area (Å²) in [5, 5.41) is 8.92. The smallest absolute Gasteiger partial charge is 0.472 e. The Morgan fingerprint density at radius 2 is 0.818 bits per heavy atom. The summed E-state index contributed by atoms with van der Waals surface area (Å²) in [6.45, 7) is 2.77. The fraction of sp³-hybridized carbons (Fsp3) is 0.759. The van der Waals surface area contributed by atoms with Gasteiger partial charge in [-0.25, -0.2) is 4.57 Å². The number of carboxylic acids is 1. The Labute approximate surface area is 402 Å². The molecule has 0 bridgehead atoms. The molecule has 4 N–H and O–H groups in total. The molecule has 0 spiro atoms. The lowest BCUT2D eigenvalue weighted by Crippen LogP contribution is -2.34. The zero-order valence-corrected chi connectivity index (χ0v) is 42.7. The third-order valence-corrected chi connectivity index (χ3v) is 12.2. The van der Waals surface area contributed by atoms with Crippen LogP contribution in [0.15, 0.2) is 60.8 Å². The maximum Gasteiger partial charge on any atom is 0.472 e. The van der Waals surface area contributed by atoms with E-state index in [4.69, 9.17) is 24.8 Å². The van der Waals surface area contributed by atoms with E-state index in [9.17, 15) is 23.8 Å². The minimum Gasteiger partial charge on any atom is -0.480 e. The highest BCUT2D eigenvalue weighted by atomic mass is 31.2. The first-order valence-corrected chi connectivity index (χ1v) is 27.8. The fourth-order valence-corrected chi connectivity index (χ4v) is 7.89. The van der Waals surface area contributed by atoms with Crippen molar-refractivity contribution in [1.82, 2.24) is 0 Å². The molecule has 66 heavy (non-hydrogen) atoms. The molecule has 0 aromatic rings. The number of carbonyl (C=O) groups excluding carboxylic acids is 2. The largest absolute Gasteiger partial charge is 0.480 e. The van der Waals surface area contributed by atoms with E-state index in [1.54, 1.807) is 0 Å². The Hall–Kier alpha value is -2.82. The SMILES string of the molecule is CCCCCCCC/C=C/CCCCCCCCCCCCCC(=O)O[C@H](COC(=O)CCC/C=C/C/C=C/C/C=C/C/C=C/CCCCCCCCC)COP(=O)(O)OC[C@H](N)C(=O)O. The Morgan fingerprint density at radius 3 is 1.26 bits per heavy atom. The number of allylic oxidation sites excluding steroid dienone is 10. The molecule has 0 saturated carbocycles. The van der Waals surface area contributed by atoms with Crippen LogP contribution in [0.5, 0.6) is 0 Å². The highest BCUT2D eigenvalue weighted by molar-refractivity contribution is 7.47. The number of nitrogens with two attached hydrogens (primary N) is 1. The molecule has 0 rings (SSSR count). The third kappa shape index (κ3) is 47.7. The molecule has 0 saturated heterocycles. The summed E-state index contributed by atoms with van der Waals surface area (Å²) in [6, 6.07) is -1.53. The van der Waals surface area contributed by atoms with Gasteiger partial charge in [-0.1, -0.05) is 203 Å². The van der Waals surface area contributed by atoms with Gasteiger partial charge in [0.1, 0.15) is 12.6 Å². The van der Waals surface area contributed by atoms with Crippen molar-refractivity contribution in [1.29, 1.82) is 0 Å². The monoisotopic (exact) mass is 950 g/mol. The number of hydrogen-bond acceptors (Lipinski definition) is 9. The molecule has 0 fully saturated rings. The standard InChI is InChI=1S/C54H96NO10P/c1-3-5-7-9-11-13-15-17-19-21-23-25-27-29-31-33-35-37-39-41-43-45-52(56)62-47-50(48-63-66(60,61)64-49-51(55)54(58)59)65-53(57)46-44-42-40-38-36-34-32-30-28-26-24-22-20-18-16-14-12-10-8-6-4-2/h18-21,25,27,31,33,37,39,50-51H,3-17,22-24,26,28-30,32,34-36,38,40-49,55H2,1-2H3,(H,58,59)(H,60,61)/b20-18+,21-19+,27-25+,33-31+,39-37+/t50-,51+/m1/s1. The van der Waals surface area contributed by atoms with Gasteiger partial charge in [-0.05, 0) is 77.0 Å². The lowest BCUT2D eigenvalue weighted by molar-refractivity contribution is -0.161. The lowest BCUT2D eigenvalue weighted by Gasteiger charge is -2.20. The van der Waals surface area contributed by atoms with Gasteiger partial charge in [-0.15, -0.1) is 0 Å². The van der Waals surface area contributed by atoms with E-state index < -0.39 is 51.1 Å². The molecule has 12 heteroatoms. The van der Waals surface area contributed by atoms with Crippen LogP contribution in [0.3, 0.4) is 0 Å². The Morgan fingerprint density at radius 1 is 0.470 bits per heavy atom. The number of carbonyl (C=O) groups is 3. The molecule has 0 heterocycles. The predicted molar refractivity (Wildman–Crippen MR) is 272 cm³/mol. The van der Waals surface area contributed by atoms with Gasteiger partial charge in [0.25, 0.3) is 0 Å². The number of ether oxygens (including phenoxy) is 2. The number of phosphoric ester groups is 1. The van der Waals surface area contributed by atoms with Gasteiger partial charge in [0, 0.05) is 12.8 Å². The fourth-order valence-electron chi connectivity index (χ4n) is 7.11. The Balaban J connectivity index is 4.32. The van der Waals surface area contributed by atoms with Crippen LogP contribution in [0.2, 0.25) is 0 Å². The van der Waals surface area contributed by atoms with Crippen molar-refractivity contribution in [2.45, 2.75) is 244 Å². The van der Waals surface area contributed by atoms with Gasteiger partial charge in [0.2, 0.25) is 0 Å². The molecule has 1 unspecified atom stereocenters. The third-order valence-electron chi connectivity index (χ3n) is 11.2. The van der Waals surface area contributed by atoms with Gasteiger partial charge >= 0.3 is 25.7 Å². The molecular formula is C54H96NO10P. The molecule has 0 amide bonds. The maximum absolute atomic E-state index is 12.7. The average Bonchev–Trinajstić information content (AvgIpc) is 3.30. The summed E-state index contributed by atoms with van der Waals surface area (Å²) < 4.78 is 32.8. The van der Waals surface area contributed by atoms with Crippen LogP contribution in [0.25, 0.3) is 0 Å². The van der Waals surface area contributed by atoms with Crippen LogP contribution in [0, 0.1) is 0 Å². The molecule has 11 nitrogen and oxygen atoms in total. The number of carboxylic acid groups (broad SMARTS) is 1. The van der Waals surface area contributed by atoms with Crippen LogP contribution in [0.4, 0.5) is 0 Å². The quantitative estimate of drug-likeness (QED) is 0.0229. The summed E-state index contributed by atoms with van der Waals surface area (Å²) >= 11 is 0. The van der Waals surface area contributed by atoms with Crippen molar-refractivity contribution in [3.8, 4) is 0 Å². The average molecular weight is 950 g/mol. The number of unbranched alkanes of at least 4 members (excludes halogenated alkanes) is 25. The van der Waals surface area contributed by atoms with Crippen molar-refractivity contribution in [2.24, 2.45) is 5.73 Å². The highest BCUT2D eigenvalue weighted by Gasteiger charge is 2.28. The summed E-state index contributed by atoms with van der Waals surface area (Å²) in [5.41, 5.74) is 5.35. The number of phosphoric acid groups is 1. The first-order valence-electron chi connectivity index (χ1n) is 26.3. The van der Waals surface area contributed by atoms with Crippen LogP contribution in [0.1, 0.15) is 232 Å². The first-order chi connectivity index (χ1) is 32.1. The Kier molecular flexibility index (Phi) is 46.6. The number of hydrogen-bond donors (Lipinski definition) is 3. The van der Waals surface area contributed by atoms with Crippen molar-refractivity contribution in [2.75, 3.05) is 19.8 Å². The van der Waals surface area contributed by atoms with Crippen LogP contribution in [-0.2, 0) is 37.5 Å². The summed E-state index contributed by atoms with van der Waals surface area (Å²) in [4.78, 5) is 46.2. The van der Waals surface area contributed by atoms with E-state index >= 15 is 0 Å². The van der Waals surface area contributed by atoms with Crippen LogP contribution < -0.4 is 5.73 Å². The van der Waals surface area contributed by atoms with Crippen molar-refractivity contribution >= 4 is 25.7 Å². The minimum atomic E-state index is -4.74. The summed E-state index contributed by atoms with van der Waals surface area (Å²) in [5.74, 6) is -2.45. The van der Waals surface area contributed by atoms with E-state index in [1.165, 1.54) is 148 Å². The molecular weight excluding hydrogens is 854 g/mol. The number of esters is 2. The summed E-state index contributed by atoms with van der Waals surface area (Å²) in [7, 11) is -4.74. The second kappa shape index (κ2) is 48.6. The molecule has 0 aliphatic rings. The number of aliphatic carboxylic acids is 1. The zero-order valence-electron chi connectivity index (χ0n) is 41.8. The van der Waals surface area contributed by atoms with Crippen molar-refractivity contribution < 1.29 is 47.5 Å². The van der Waals surface area contributed by atoms with E-state index in [0.717, 1.165) is 38.5 Å². The van der Waals surface area contributed by atoms with E-state index in [-0.39, 0.29) is 19.4 Å². The second-order valence-electron chi connectivity index (χ2n) is 17.7. The van der Waals surface area contributed by atoms with Gasteiger partial charge in [0.15, 0.2) is 6.10 Å². The van der Waals surface area contributed by atoms with Crippen LogP contribution >= 0.6 is 7.82 Å². The van der Waals surface area contributed by atoms with Crippen molar-refractivity contribution in [3.63, 3.8) is 0 Å². The van der Waals surface area contributed by atoms with E-state index in [2.05, 4.69) is 73.1 Å². The minimum absolute atomic E-state index is 0.145. The summed E-state index contributed by atoms with van der Waals surface area (Å²) in [6.07, 6.45) is 58.6. The predicted octanol–water partition coefficient (Wildman–Crippen LogP) is 15.1. The first kappa shape index (κ1) is 63.2. The van der Waals surface area contributed by atoms with E-state index in [0.29, 0.717) is 19.3 Å². The van der Waals surface area contributed by atoms with Gasteiger partial charge in [0.05, 0.1) is 13.2 Å². The second-order valence-corrected chi connectivity index (χ2v) is 19.1. The van der Waals surface area contributed by atoms with Gasteiger partial charge in [-0.3, -0.25) is 23.4 Å². The van der Waals surface area contributed by atoms with Gasteiger partial charge in [-0.2, -0.15) is 0 Å².